The molecule has 1 N–H and O–H groups in total. The molecule has 2 fully saturated rings. The van der Waals surface area contributed by atoms with Crippen LogP contribution in [0.5, 0.6) is 6.01 Å². The number of fused-ring (bicyclic) bond motifs is 2. The zero-order valence-electron chi connectivity index (χ0n) is 23.9. The van der Waals surface area contributed by atoms with Gasteiger partial charge in [0.15, 0.2) is 0 Å². The van der Waals surface area contributed by atoms with E-state index < -0.39 is 12.1 Å². The molecule has 42 heavy (non-hydrogen) atoms. The number of rotatable bonds is 6. The molecule has 0 saturated carbocycles. The van der Waals surface area contributed by atoms with Crippen LogP contribution >= 0.6 is 0 Å². The Kier molecular flexibility index (Phi) is 7.98. The smallest absolute Gasteiger partial charge is 0.407 e. The number of benzene rings is 2. The van der Waals surface area contributed by atoms with E-state index in [0.29, 0.717) is 43.7 Å². The zero-order valence-corrected chi connectivity index (χ0v) is 23.9. The van der Waals surface area contributed by atoms with E-state index in [1.165, 1.54) is 11.0 Å². The zero-order chi connectivity index (χ0) is 29.2. The summed E-state index contributed by atoms with van der Waals surface area (Å²) in [5, 5.41) is 20.6. The number of halogens is 1. The summed E-state index contributed by atoms with van der Waals surface area (Å²) in [5.74, 6) is 0.516. The molecule has 0 bridgehead atoms. The van der Waals surface area contributed by atoms with Gasteiger partial charge in [0.25, 0.3) is 0 Å². The quantitative estimate of drug-likeness (QED) is 0.462. The van der Waals surface area contributed by atoms with E-state index in [4.69, 9.17) is 14.7 Å². The SMILES string of the molecule is CN1CCC[C@H]1COc1nc2c(c(N3CCN(C(=O)O)[C@@H](CC#N)C3)n1)CCCN(c1cccc3c(F)cccc13)C2. The van der Waals surface area contributed by atoms with Crippen molar-refractivity contribution < 1.29 is 19.0 Å². The van der Waals surface area contributed by atoms with Gasteiger partial charge in [-0.15, -0.1) is 0 Å². The number of nitriles is 1. The molecule has 6 rings (SSSR count). The first kappa shape index (κ1) is 28.0. The number of hydrogen-bond donors (Lipinski definition) is 1. The summed E-state index contributed by atoms with van der Waals surface area (Å²) in [7, 11) is 2.10. The molecule has 2 atom stereocenters. The fraction of sp³-hybridized carbons (Fsp3) is 0.484. The van der Waals surface area contributed by atoms with Crippen molar-refractivity contribution in [2.75, 3.05) is 56.2 Å². The lowest BCUT2D eigenvalue weighted by molar-refractivity contribution is 0.119. The highest BCUT2D eigenvalue weighted by Gasteiger charge is 2.34. The van der Waals surface area contributed by atoms with Crippen molar-refractivity contribution in [3.8, 4) is 12.1 Å². The highest BCUT2D eigenvalue weighted by molar-refractivity contribution is 5.94. The van der Waals surface area contributed by atoms with E-state index in [2.05, 4.69) is 27.8 Å². The number of aromatic nitrogens is 2. The molecule has 0 aliphatic carbocycles. The Morgan fingerprint density at radius 3 is 2.69 bits per heavy atom. The maximum Gasteiger partial charge on any atom is 0.407 e. The Balaban J connectivity index is 1.36. The van der Waals surface area contributed by atoms with Crippen molar-refractivity contribution in [3.63, 3.8) is 0 Å². The molecule has 1 amide bonds. The molecule has 0 unspecified atom stereocenters. The molecule has 0 spiro atoms. The van der Waals surface area contributed by atoms with Gasteiger partial charge in [-0.25, -0.2) is 9.18 Å². The van der Waals surface area contributed by atoms with Gasteiger partial charge in [-0.3, -0.25) is 0 Å². The van der Waals surface area contributed by atoms with Crippen LogP contribution in [0.4, 0.5) is 20.7 Å². The molecule has 4 heterocycles. The molecule has 3 aliphatic heterocycles. The van der Waals surface area contributed by atoms with Crippen LogP contribution in [0.15, 0.2) is 36.4 Å². The largest absolute Gasteiger partial charge is 0.465 e. The molecule has 3 aliphatic rings. The Hall–Kier alpha value is -4.17. The van der Waals surface area contributed by atoms with Gasteiger partial charge in [0.05, 0.1) is 30.8 Å². The molecule has 10 nitrogen and oxygen atoms in total. The van der Waals surface area contributed by atoms with Crippen LogP contribution in [0.3, 0.4) is 0 Å². The summed E-state index contributed by atoms with van der Waals surface area (Å²) >= 11 is 0. The van der Waals surface area contributed by atoms with Crippen LogP contribution in [0, 0.1) is 17.1 Å². The highest BCUT2D eigenvalue weighted by atomic mass is 19.1. The van der Waals surface area contributed by atoms with E-state index in [0.717, 1.165) is 66.9 Å². The average molecular weight is 574 g/mol. The first-order valence-electron chi connectivity index (χ1n) is 14.7. The molecule has 220 valence electrons. The number of likely N-dealkylation sites (N-methyl/N-ethyl adjacent to an activating group) is 1. The number of carboxylic acid groups (broad SMARTS) is 1. The molecule has 11 heteroatoms. The van der Waals surface area contributed by atoms with Crippen LogP contribution in [0.25, 0.3) is 10.8 Å². The minimum Gasteiger partial charge on any atom is -0.465 e. The molecule has 1 aromatic heterocycles. The van der Waals surface area contributed by atoms with Gasteiger partial charge in [0, 0.05) is 54.2 Å². The minimum atomic E-state index is -1.01. The number of anilines is 2. The summed E-state index contributed by atoms with van der Waals surface area (Å²) in [6, 6.07) is 13.2. The lowest BCUT2D eigenvalue weighted by atomic mass is 10.1. The van der Waals surface area contributed by atoms with Crippen molar-refractivity contribution in [1.82, 2.24) is 19.8 Å². The summed E-state index contributed by atoms with van der Waals surface area (Å²) in [4.78, 5) is 29.7. The van der Waals surface area contributed by atoms with Crippen LogP contribution in [0.2, 0.25) is 0 Å². The third-order valence-corrected chi connectivity index (χ3v) is 8.86. The lowest BCUT2D eigenvalue weighted by Crippen LogP contribution is -2.55. The molecular formula is C31H36FN7O3. The van der Waals surface area contributed by atoms with Gasteiger partial charge in [0.1, 0.15) is 18.2 Å². The topological polar surface area (TPSA) is 109 Å². The third kappa shape index (κ3) is 5.51. The second-order valence-electron chi connectivity index (χ2n) is 11.4. The predicted molar refractivity (Wildman–Crippen MR) is 157 cm³/mol. The maximum atomic E-state index is 14.6. The van der Waals surface area contributed by atoms with Gasteiger partial charge < -0.3 is 29.4 Å². The molecule has 3 aromatic rings. The van der Waals surface area contributed by atoms with Crippen LogP contribution in [-0.2, 0) is 13.0 Å². The van der Waals surface area contributed by atoms with Crippen LogP contribution in [0.1, 0.15) is 36.9 Å². The van der Waals surface area contributed by atoms with E-state index >= 15 is 0 Å². The molecule has 2 saturated heterocycles. The number of amides is 1. The van der Waals surface area contributed by atoms with Crippen molar-refractivity contribution in [1.29, 1.82) is 5.26 Å². The normalized spacial score (nSPS) is 21.2. The number of likely N-dealkylation sites (tertiary alicyclic amines) is 1. The van der Waals surface area contributed by atoms with E-state index in [-0.39, 0.29) is 18.8 Å². The van der Waals surface area contributed by atoms with E-state index in [1.807, 2.05) is 18.2 Å². The van der Waals surface area contributed by atoms with Crippen molar-refractivity contribution >= 4 is 28.4 Å². The maximum absolute atomic E-state index is 14.6. The summed E-state index contributed by atoms with van der Waals surface area (Å²) in [6.07, 6.45) is 2.89. The fourth-order valence-corrected chi connectivity index (χ4v) is 6.59. The first-order chi connectivity index (χ1) is 20.4. The lowest BCUT2D eigenvalue weighted by Gasteiger charge is -2.40. The van der Waals surface area contributed by atoms with Crippen molar-refractivity contribution in [2.24, 2.45) is 0 Å². The number of ether oxygens (including phenoxy) is 1. The van der Waals surface area contributed by atoms with Gasteiger partial charge in [0.2, 0.25) is 0 Å². The Labute approximate surface area is 244 Å². The van der Waals surface area contributed by atoms with E-state index in [9.17, 15) is 19.6 Å². The highest BCUT2D eigenvalue weighted by Crippen LogP contribution is 2.35. The second-order valence-corrected chi connectivity index (χ2v) is 11.4. The van der Waals surface area contributed by atoms with Gasteiger partial charge in [-0.05, 0) is 51.4 Å². The van der Waals surface area contributed by atoms with Gasteiger partial charge in [-0.2, -0.15) is 15.2 Å². The summed E-state index contributed by atoms with van der Waals surface area (Å²) in [6.45, 7) is 3.94. The van der Waals surface area contributed by atoms with Crippen LogP contribution < -0.4 is 14.5 Å². The fourth-order valence-electron chi connectivity index (χ4n) is 6.59. The van der Waals surface area contributed by atoms with Crippen LogP contribution in [-0.4, -0.2) is 89.4 Å². The third-order valence-electron chi connectivity index (χ3n) is 8.86. The molecular weight excluding hydrogens is 537 g/mol. The minimum absolute atomic E-state index is 0.110. The Bertz CT molecular complexity index is 1510. The van der Waals surface area contributed by atoms with Gasteiger partial charge in [-0.1, -0.05) is 24.3 Å². The Morgan fingerprint density at radius 1 is 1.07 bits per heavy atom. The van der Waals surface area contributed by atoms with Crippen molar-refractivity contribution in [3.05, 3.63) is 53.5 Å². The van der Waals surface area contributed by atoms with Crippen molar-refractivity contribution in [2.45, 2.75) is 50.7 Å². The van der Waals surface area contributed by atoms with E-state index in [1.54, 1.807) is 12.1 Å². The number of nitrogens with zero attached hydrogens (tertiary/aromatic N) is 7. The summed E-state index contributed by atoms with van der Waals surface area (Å²) < 4.78 is 20.9. The molecule has 2 aromatic carbocycles. The average Bonchev–Trinajstić information content (AvgIpc) is 3.27. The Morgan fingerprint density at radius 2 is 1.90 bits per heavy atom. The molecule has 0 radical (unpaired) electrons. The van der Waals surface area contributed by atoms with Gasteiger partial charge >= 0.3 is 12.1 Å². The standard InChI is InChI=1S/C31H36FN7O3/c1-36-14-4-6-22(36)20-42-30-34-27-19-37(28-11-3-7-23-24(28)8-2-10-26(23)32)15-5-9-25(27)29(35-30)38-16-17-39(31(40)41)21(18-38)12-13-33/h2-3,7-8,10-11,21-22H,4-6,9,12,14-20H2,1H3,(H,40,41)/t21-,22-/m0/s1. The first-order valence-corrected chi connectivity index (χ1v) is 14.7. The summed E-state index contributed by atoms with van der Waals surface area (Å²) in [5.41, 5.74) is 2.84. The monoisotopic (exact) mass is 573 g/mol. The predicted octanol–water partition coefficient (Wildman–Crippen LogP) is 4.28. The number of hydrogen-bond acceptors (Lipinski definition) is 8. The number of carbonyl (C=O) groups is 1. The second kappa shape index (κ2) is 12.0. The number of piperazine rings is 1.